The number of anilines is 1. The molecule has 0 radical (unpaired) electrons. The molecule has 2 aromatic rings. The van der Waals surface area contributed by atoms with Crippen LogP contribution >= 0.6 is 0 Å². The summed E-state index contributed by atoms with van der Waals surface area (Å²) in [7, 11) is -2.32. The third kappa shape index (κ3) is 3.67. The Kier molecular flexibility index (Phi) is 5.50. The molecule has 2 aliphatic rings. The van der Waals surface area contributed by atoms with E-state index in [4.69, 9.17) is 0 Å². The molecule has 9 heteroatoms. The molecule has 6 nitrogen and oxygen atoms in total. The first-order valence-electron chi connectivity index (χ1n) is 9.84. The lowest BCUT2D eigenvalue weighted by molar-refractivity contribution is -0.134. The molecule has 2 heterocycles. The number of hydrogen-bond donors (Lipinski definition) is 0. The zero-order valence-electron chi connectivity index (χ0n) is 16.6. The predicted octanol–water partition coefficient (Wildman–Crippen LogP) is 2.25. The van der Waals surface area contributed by atoms with Crippen LogP contribution in [0.1, 0.15) is 12.0 Å². The molecule has 0 N–H and O–H groups in total. The van der Waals surface area contributed by atoms with Gasteiger partial charge in [0.05, 0.1) is 10.6 Å². The van der Waals surface area contributed by atoms with Gasteiger partial charge in [-0.3, -0.25) is 9.10 Å². The number of rotatable bonds is 3. The van der Waals surface area contributed by atoms with Gasteiger partial charge < -0.3 is 9.80 Å². The van der Waals surface area contributed by atoms with Gasteiger partial charge >= 0.3 is 0 Å². The van der Waals surface area contributed by atoms with Crippen molar-refractivity contribution in [3.8, 4) is 0 Å². The summed E-state index contributed by atoms with van der Waals surface area (Å²) in [5.41, 5.74) is 1.20. The first-order valence-corrected chi connectivity index (χ1v) is 11.3. The number of halogens is 2. The second kappa shape index (κ2) is 7.96. The van der Waals surface area contributed by atoms with Gasteiger partial charge in [0, 0.05) is 26.2 Å². The Hall–Kier alpha value is -2.52. The van der Waals surface area contributed by atoms with Crippen LogP contribution in [0.3, 0.4) is 0 Å². The van der Waals surface area contributed by atoms with Crippen molar-refractivity contribution in [3.63, 3.8) is 0 Å². The van der Waals surface area contributed by atoms with Crippen LogP contribution in [0.5, 0.6) is 0 Å². The number of aryl methyl sites for hydroxylation is 1. The van der Waals surface area contributed by atoms with Crippen molar-refractivity contribution in [1.82, 2.24) is 9.80 Å². The van der Waals surface area contributed by atoms with E-state index in [2.05, 4.69) is 4.90 Å². The zero-order valence-corrected chi connectivity index (χ0v) is 17.4. The molecule has 1 amide bonds. The summed E-state index contributed by atoms with van der Waals surface area (Å²) in [4.78, 5) is 16.8. The van der Waals surface area contributed by atoms with E-state index in [0.29, 0.717) is 50.8 Å². The molecule has 1 saturated heterocycles. The molecule has 2 aliphatic heterocycles. The van der Waals surface area contributed by atoms with E-state index in [1.165, 1.54) is 0 Å². The van der Waals surface area contributed by atoms with Crippen LogP contribution in [-0.4, -0.2) is 63.4 Å². The fraction of sp³-hybridized carbons (Fsp3) is 0.381. The lowest BCUT2D eigenvalue weighted by Gasteiger charge is -2.41. The SMILES string of the molecule is CN1CCN(C(=O)[C@H]2CCc3ccccc3N2S(=O)(=O)c2ccc(F)c(F)c2)CC1. The first-order chi connectivity index (χ1) is 14.3. The monoisotopic (exact) mass is 435 g/mol. The van der Waals surface area contributed by atoms with Crippen molar-refractivity contribution >= 4 is 21.6 Å². The summed E-state index contributed by atoms with van der Waals surface area (Å²) in [5.74, 6) is -2.63. The first kappa shape index (κ1) is 20.7. The Bertz CT molecular complexity index is 1070. The average Bonchev–Trinajstić information content (AvgIpc) is 2.74. The van der Waals surface area contributed by atoms with Crippen LogP contribution in [-0.2, 0) is 21.2 Å². The Morgan fingerprint density at radius 1 is 1.00 bits per heavy atom. The van der Waals surface area contributed by atoms with Gasteiger partial charge in [0.15, 0.2) is 11.6 Å². The number of fused-ring (bicyclic) bond motifs is 1. The van der Waals surface area contributed by atoms with Crippen LogP contribution in [0.2, 0.25) is 0 Å². The van der Waals surface area contributed by atoms with Gasteiger partial charge in [-0.25, -0.2) is 17.2 Å². The smallest absolute Gasteiger partial charge is 0.265 e. The quantitative estimate of drug-likeness (QED) is 0.742. The number of nitrogens with zero attached hydrogens (tertiary/aromatic N) is 3. The number of carbonyl (C=O) groups is 1. The summed E-state index contributed by atoms with van der Waals surface area (Å²) in [6, 6.07) is 8.53. The van der Waals surface area contributed by atoms with E-state index in [1.54, 1.807) is 17.0 Å². The summed E-state index contributed by atoms with van der Waals surface area (Å²) >= 11 is 0. The van der Waals surface area contributed by atoms with Crippen molar-refractivity contribution in [3.05, 3.63) is 59.7 Å². The number of benzene rings is 2. The van der Waals surface area contributed by atoms with Gasteiger partial charge in [-0.05, 0) is 49.7 Å². The standard InChI is InChI=1S/C21H23F2N3O3S/c1-24-10-12-25(13-11-24)21(27)20-9-6-15-4-2-3-5-19(15)26(20)30(28,29)16-7-8-17(22)18(23)14-16/h2-5,7-8,14,20H,6,9-13H2,1H3/t20-/m1/s1. The van der Waals surface area contributed by atoms with Crippen molar-refractivity contribution in [2.75, 3.05) is 37.5 Å². The van der Waals surface area contributed by atoms with Crippen LogP contribution in [0.15, 0.2) is 47.4 Å². The van der Waals surface area contributed by atoms with E-state index in [1.807, 2.05) is 19.2 Å². The summed E-state index contributed by atoms with van der Waals surface area (Å²) < 4.78 is 55.4. The Balaban J connectivity index is 1.77. The van der Waals surface area contributed by atoms with Gasteiger partial charge in [0.2, 0.25) is 5.91 Å². The molecular weight excluding hydrogens is 412 g/mol. The molecule has 30 heavy (non-hydrogen) atoms. The topological polar surface area (TPSA) is 60.9 Å². The molecule has 0 bridgehead atoms. The zero-order chi connectivity index (χ0) is 21.5. The Labute approximate surface area is 174 Å². The summed E-state index contributed by atoms with van der Waals surface area (Å²) in [6.07, 6.45) is 0.884. The maximum absolute atomic E-state index is 13.8. The molecule has 4 rings (SSSR count). The summed E-state index contributed by atoms with van der Waals surface area (Å²) in [5, 5.41) is 0. The van der Waals surface area contributed by atoms with E-state index in [0.717, 1.165) is 22.0 Å². The minimum atomic E-state index is -4.29. The molecular formula is C21H23F2N3O3S. The van der Waals surface area contributed by atoms with Crippen molar-refractivity contribution < 1.29 is 22.0 Å². The lowest BCUT2D eigenvalue weighted by atomic mass is 9.97. The highest BCUT2D eigenvalue weighted by molar-refractivity contribution is 7.93. The van der Waals surface area contributed by atoms with Gasteiger partial charge in [0.25, 0.3) is 10.0 Å². The van der Waals surface area contributed by atoms with Crippen LogP contribution in [0, 0.1) is 11.6 Å². The van der Waals surface area contributed by atoms with E-state index in [-0.39, 0.29) is 10.8 Å². The van der Waals surface area contributed by atoms with E-state index in [9.17, 15) is 22.0 Å². The number of sulfonamides is 1. The van der Waals surface area contributed by atoms with Crippen molar-refractivity contribution in [2.45, 2.75) is 23.8 Å². The molecule has 0 unspecified atom stereocenters. The maximum atomic E-state index is 13.8. The third-order valence-corrected chi connectivity index (χ3v) is 7.57. The number of amides is 1. The van der Waals surface area contributed by atoms with Crippen LogP contribution in [0.25, 0.3) is 0 Å². The number of carbonyl (C=O) groups excluding carboxylic acids is 1. The van der Waals surface area contributed by atoms with Crippen LogP contribution in [0.4, 0.5) is 14.5 Å². The van der Waals surface area contributed by atoms with Gasteiger partial charge in [0.1, 0.15) is 6.04 Å². The van der Waals surface area contributed by atoms with Crippen molar-refractivity contribution in [1.29, 1.82) is 0 Å². The fourth-order valence-electron chi connectivity index (χ4n) is 4.02. The molecule has 1 atom stereocenters. The number of hydrogen-bond acceptors (Lipinski definition) is 4. The minimum Gasteiger partial charge on any atom is -0.338 e. The van der Waals surface area contributed by atoms with E-state index < -0.39 is 27.7 Å². The lowest BCUT2D eigenvalue weighted by Crippen LogP contribution is -2.56. The second-order valence-corrected chi connectivity index (χ2v) is 9.50. The fourth-order valence-corrected chi connectivity index (χ4v) is 5.71. The molecule has 0 aromatic heterocycles. The Morgan fingerprint density at radius 3 is 2.40 bits per heavy atom. The van der Waals surface area contributed by atoms with Gasteiger partial charge in [-0.15, -0.1) is 0 Å². The highest BCUT2D eigenvalue weighted by Crippen LogP contribution is 2.36. The highest BCUT2D eigenvalue weighted by atomic mass is 32.2. The molecule has 160 valence electrons. The molecule has 0 aliphatic carbocycles. The largest absolute Gasteiger partial charge is 0.338 e. The highest BCUT2D eigenvalue weighted by Gasteiger charge is 2.42. The molecule has 0 spiro atoms. The number of piperazine rings is 1. The maximum Gasteiger partial charge on any atom is 0.265 e. The molecule has 0 saturated carbocycles. The predicted molar refractivity (Wildman–Crippen MR) is 109 cm³/mol. The Morgan fingerprint density at radius 2 is 1.70 bits per heavy atom. The van der Waals surface area contributed by atoms with Gasteiger partial charge in [-0.2, -0.15) is 0 Å². The van der Waals surface area contributed by atoms with E-state index >= 15 is 0 Å². The van der Waals surface area contributed by atoms with Gasteiger partial charge in [-0.1, -0.05) is 18.2 Å². The normalized spacial score (nSPS) is 20.2. The average molecular weight is 435 g/mol. The second-order valence-electron chi connectivity index (χ2n) is 7.69. The molecule has 1 fully saturated rings. The van der Waals surface area contributed by atoms with Crippen molar-refractivity contribution in [2.24, 2.45) is 0 Å². The minimum absolute atomic E-state index is 0.260. The number of para-hydroxylation sites is 1. The van der Waals surface area contributed by atoms with Crippen LogP contribution < -0.4 is 4.31 Å². The third-order valence-electron chi connectivity index (χ3n) is 5.75. The number of likely N-dealkylation sites (N-methyl/N-ethyl adjacent to an activating group) is 1. The molecule has 2 aromatic carbocycles. The summed E-state index contributed by atoms with van der Waals surface area (Å²) in [6.45, 7) is 2.47.